The Balaban J connectivity index is 1.25. The van der Waals surface area contributed by atoms with Gasteiger partial charge in [0.1, 0.15) is 11.5 Å². The molecule has 0 saturated carbocycles. The number of nitrogens with zero attached hydrogens (tertiary/aromatic N) is 9. The molecule has 176 valence electrons. The second-order valence-electron chi connectivity index (χ2n) is 7.91. The van der Waals surface area contributed by atoms with E-state index < -0.39 is 12.3 Å². The van der Waals surface area contributed by atoms with Crippen molar-refractivity contribution in [2.24, 2.45) is 0 Å². The van der Waals surface area contributed by atoms with Crippen LogP contribution in [0.2, 0.25) is 0 Å². The molecule has 4 aromatic heterocycles. The Bertz CT molecular complexity index is 1230. The van der Waals surface area contributed by atoms with E-state index in [1.165, 1.54) is 6.20 Å². The van der Waals surface area contributed by atoms with Crippen LogP contribution in [0.5, 0.6) is 0 Å². The summed E-state index contributed by atoms with van der Waals surface area (Å²) in [6, 6.07) is 7.41. The van der Waals surface area contributed by atoms with E-state index in [2.05, 4.69) is 47.2 Å². The summed E-state index contributed by atoms with van der Waals surface area (Å²) in [6.07, 6.45) is 2.35. The van der Waals surface area contributed by atoms with Gasteiger partial charge in [-0.15, -0.1) is 15.3 Å². The summed E-state index contributed by atoms with van der Waals surface area (Å²) >= 11 is 0. The van der Waals surface area contributed by atoms with Crippen LogP contribution in [0.3, 0.4) is 0 Å². The molecule has 5 heterocycles. The molecule has 0 bridgehead atoms. The molecule has 34 heavy (non-hydrogen) atoms. The van der Waals surface area contributed by atoms with E-state index in [4.69, 9.17) is 4.42 Å². The van der Waals surface area contributed by atoms with Gasteiger partial charge < -0.3 is 14.2 Å². The number of likely N-dealkylation sites (N-methyl/N-ethyl adjacent to an activating group) is 1. The first-order chi connectivity index (χ1) is 16.6. The maximum Gasteiger partial charge on any atom is 0.314 e. The standard InChI is InChI=1S/C22H23F2N9O/c1-2-31-7-9-32(10-8-31)19-11-15(5-6-25-19)18-14-33(30-27-18)13-17-4-3-16(12-26-17)21-28-29-22(34-21)20(23)24/h3-6,11-12,14,20H,2,7-10,13H2,1H3. The lowest BCUT2D eigenvalue weighted by atomic mass is 10.2. The van der Waals surface area contributed by atoms with Gasteiger partial charge in [-0.25, -0.2) is 9.67 Å². The van der Waals surface area contributed by atoms with Gasteiger partial charge in [0.15, 0.2) is 0 Å². The van der Waals surface area contributed by atoms with E-state index in [-0.39, 0.29) is 5.89 Å². The second kappa shape index (κ2) is 9.59. The first-order valence-electron chi connectivity index (χ1n) is 11.0. The van der Waals surface area contributed by atoms with Gasteiger partial charge in [-0.1, -0.05) is 12.1 Å². The van der Waals surface area contributed by atoms with Gasteiger partial charge in [-0.2, -0.15) is 8.78 Å². The van der Waals surface area contributed by atoms with E-state index in [0.717, 1.165) is 55.5 Å². The highest BCUT2D eigenvalue weighted by molar-refractivity contribution is 5.62. The average molecular weight is 467 g/mol. The monoisotopic (exact) mass is 467 g/mol. The van der Waals surface area contributed by atoms with Crippen LogP contribution >= 0.6 is 0 Å². The zero-order valence-corrected chi connectivity index (χ0v) is 18.6. The van der Waals surface area contributed by atoms with Crippen molar-refractivity contribution in [3.63, 3.8) is 0 Å². The highest BCUT2D eigenvalue weighted by atomic mass is 19.3. The van der Waals surface area contributed by atoms with Crippen molar-refractivity contribution in [1.29, 1.82) is 0 Å². The molecule has 10 nitrogen and oxygen atoms in total. The van der Waals surface area contributed by atoms with E-state index >= 15 is 0 Å². The molecule has 4 aromatic rings. The fourth-order valence-corrected chi connectivity index (χ4v) is 3.80. The van der Waals surface area contributed by atoms with Crippen molar-refractivity contribution >= 4 is 5.82 Å². The van der Waals surface area contributed by atoms with Gasteiger partial charge in [0.05, 0.1) is 24.0 Å². The zero-order chi connectivity index (χ0) is 23.5. The van der Waals surface area contributed by atoms with Crippen LogP contribution in [0.25, 0.3) is 22.7 Å². The second-order valence-corrected chi connectivity index (χ2v) is 7.91. The van der Waals surface area contributed by atoms with Gasteiger partial charge in [-0.3, -0.25) is 4.98 Å². The van der Waals surface area contributed by atoms with Crippen LogP contribution in [-0.4, -0.2) is 72.8 Å². The fourth-order valence-electron chi connectivity index (χ4n) is 3.80. The van der Waals surface area contributed by atoms with Crippen molar-refractivity contribution in [1.82, 2.24) is 40.1 Å². The Hall–Kier alpha value is -3.80. The van der Waals surface area contributed by atoms with Crippen LogP contribution in [0, 0.1) is 0 Å². The number of aromatic nitrogens is 7. The van der Waals surface area contributed by atoms with E-state index in [0.29, 0.717) is 12.1 Å². The highest BCUT2D eigenvalue weighted by Crippen LogP contribution is 2.24. The minimum atomic E-state index is -2.81. The lowest BCUT2D eigenvalue weighted by Gasteiger charge is -2.34. The molecule has 0 radical (unpaired) electrons. The summed E-state index contributed by atoms with van der Waals surface area (Å²) in [5.74, 6) is 0.231. The minimum absolute atomic E-state index is 0.00184. The number of rotatable bonds is 7. The van der Waals surface area contributed by atoms with E-state index in [1.54, 1.807) is 23.0 Å². The van der Waals surface area contributed by atoms with Crippen LogP contribution < -0.4 is 4.90 Å². The number of piperazine rings is 1. The molecule has 1 aliphatic heterocycles. The lowest BCUT2D eigenvalue weighted by Crippen LogP contribution is -2.46. The molecule has 0 aliphatic carbocycles. The van der Waals surface area contributed by atoms with Crippen molar-refractivity contribution in [2.45, 2.75) is 19.9 Å². The molecule has 0 atom stereocenters. The first-order valence-corrected chi connectivity index (χ1v) is 11.0. The van der Waals surface area contributed by atoms with Gasteiger partial charge in [0.2, 0.25) is 5.89 Å². The zero-order valence-electron chi connectivity index (χ0n) is 18.6. The van der Waals surface area contributed by atoms with Gasteiger partial charge in [0, 0.05) is 44.1 Å². The van der Waals surface area contributed by atoms with Crippen LogP contribution in [-0.2, 0) is 6.54 Å². The van der Waals surface area contributed by atoms with E-state index in [1.807, 2.05) is 18.3 Å². The Kier molecular flexibility index (Phi) is 6.21. The highest BCUT2D eigenvalue weighted by Gasteiger charge is 2.18. The quantitative estimate of drug-likeness (QED) is 0.406. The molecule has 1 fully saturated rings. The van der Waals surface area contributed by atoms with Crippen molar-refractivity contribution in [3.05, 3.63) is 54.4 Å². The summed E-state index contributed by atoms with van der Waals surface area (Å²) in [4.78, 5) is 13.6. The predicted octanol–water partition coefficient (Wildman–Crippen LogP) is 2.91. The van der Waals surface area contributed by atoms with Gasteiger partial charge >= 0.3 is 6.43 Å². The van der Waals surface area contributed by atoms with Crippen LogP contribution in [0.15, 0.2) is 47.3 Å². The molecule has 0 N–H and O–H groups in total. The lowest BCUT2D eigenvalue weighted by molar-refractivity contribution is 0.116. The molecule has 5 rings (SSSR count). The third kappa shape index (κ3) is 4.76. The summed E-state index contributed by atoms with van der Waals surface area (Å²) in [5.41, 5.74) is 2.88. The maximum absolute atomic E-state index is 12.6. The molecule has 1 saturated heterocycles. The number of hydrogen-bond acceptors (Lipinski definition) is 9. The van der Waals surface area contributed by atoms with Crippen LogP contribution in [0.4, 0.5) is 14.6 Å². The summed E-state index contributed by atoms with van der Waals surface area (Å²) in [6.45, 7) is 7.61. The number of halogens is 2. The van der Waals surface area contributed by atoms with Gasteiger partial charge in [-0.05, 0) is 30.8 Å². The van der Waals surface area contributed by atoms with Gasteiger partial charge in [0.25, 0.3) is 5.89 Å². The smallest absolute Gasteiger partial charge is 0.314 e. The Morgan fingerprint density at radius 2 is 1.85 bits per heavy atom. The number of hydrogen-bond donors (Lipinski definition) is 0. The molecule has 1 aliphatic rings. The number of alkyl halides is 2. The SMILES string of the molecule is CCN1CCN(c2cc(-c3cn(Cc4ccc(-c5nnc(C(F)F)o5)cn4)nn3)ccn2)CC1. The molecule has 0 unspecified atom stereocenters. The third-order valence-electron chi connectivity index (χ3n) is 5.75. The molecule has 0 amide bonds. The normalized spacial score (nSPS) is 14.8. The summed E-state index contributed by atoms with van der Waals surface area (Å²) in [7, 11) is 0. The summed E-state index contributed by atoms with van der Waals surface area (Å²) in [5, 5.41) is 15.5. The Labute approximate surface area is 194 Å². The van der Waals surface area contributed by atoms with Crippen molar-refractivity contribution < 1.29 is 13.2 Å². The maximum atomic E-state index is 12.6. The number of pyridine rings is 2. The molecule has 0 spiro atoms. The Morgan fingerprint density at radius 1 is 1.00 bits per heavy atom. The van der Waals surface area contributed by atoms with E-state index in [9.17, 15) is 8.78 Å². The summed E-state index contributed by atoms with van der Waals surface area (Å²) < 4.78 is 31.9. The third-order valence-corrected chi connectivity index (χ3v) is 5.75. The topological polar surface area (TPSA) is 102 Å². The van der Waals surface area contributed by atoms with Crippen LogP contribution in [0.1, 0.15) is 24.9 Å². The van der Waals surface area contributed by atoms with Crippen molar-refractivity contribution in [2.75, 3.05) is 37.6 Å². The predicted molar refractivity (Wildman–Crippen MR) is 119 cm³/mol. The molecule has 0 aromatic carbocycles. The average Bonchev–Trinajstić information content (AvgIpc) is 3.55. The molecular formula is C22H23F2N9O. The number of anilines is 1. The fraction of sp³-hybridized carbons (Fsp3) is 0.364. The largest absolute Gasteiger partial charge is 0.415 e. The van der Waals surface area contributed by atoms with Crippen molar-refractivity contribution in [3.8, 4) is 22.7 Å². The first kappa shape index (κ1) is 22.0. The Morgan fingerprint density at radius 3 is 2.56 bits per heavy atom. The minimum Gasteiger partial charge on any atom is -0.415 e. The molecular weight excluding hydrogens is 444 g/mol. The molecule has 12 heteroatoms.